The summed E-state index contributed by atoms with van der Waals surface area (Å²) in [5.41, 5.74) is 5.61. The van der Waals surface area contributed by atoms with Crippen molar-refractivity contribution < 1.29 is 0 Å². The van der Waals surface area contributed by atoms with Crippen LogP contribution < -0.4 is 0 Å². The fourth-order valence-electron chi connectivity index (χ4n) is 1.68. The van der Waals surface area contributed by atoms with Gasteiger partial charge in [-0.25, -0.2) is 0 Å². The smallest absolute Gasteiger partial charge is 0.0223 e. The van der Waals surface area contributed by atoms with Crippen molar-refractivity contribution in [3.05, 3.63) is 41.0 Å². The number of rotatable bonds is 2. The van der Waals surface area contributed by atoms with Crippen molar-refractivity contribution in [2.45, 2.75) is 34.1 Å². The summed E-state index contributed by atoms with van der Waals surface area (Å²) in [4.78, 5) is 0. The maximum atomic E-state index is 2.26. The molecule has 0 aromatic heterocycles. The lowest BCUT2D eigenvalue weighted by Crippen LogP contribution is -1.86. The molecular formula is C13H18. The Bertz CT molecular complexity index is 315. The van der Waals surface area contributed by atoms with E-state index in [4.69, 9.17) is 0 Å². The molecule has 0 aliphatic heterocycles. The van der Waals surface area contributed by atoms with Crippen LogP contribution in [0.15, 0.2) is 29.8 Å². The van der Waals surface area contributed by atoms with Gasteiger partial charge in [0.05, 0.1) is 0 Å². The van der Waals surface area contributed by atoms with Crippen LogP contribution in [0.2, 0.25) is 0 Å². The van der Waals surface area contributed by atoms with Crippen molar-refractivity contribution >= 4 is 5.57 Å². The zero-order chi connectivity index (χ0) is 9.84. The molecule has 0 radical (unpaired) electrons. The standard InChI is InChI=1S/C13H18/c1-5-13(10(2)3)12-8-6-7-11(4)9-12/h6-9H,5H2,1-4H3. The molecule has 0 saturated heterocycles. The molecule has 0 saturated carbocycles. The maximum absolute atomic E-state index is 2.26. The summed E-state index contributed by atoms with van der Waals surface area (Å²) in [7, 11) is 0. The zero-order valence-electron chi connectivity index (χ0n) is 9.02. The molecule has 0 aliphatic carbocycles. The molecule has 0 heterocycles. The van der Waals surface area contributed by atoms with E-state index >= 15 is 0 Å². The summed E-state index contributed by atoms with van der Waals surface area (Å²) in [5, 5.41) is 0. The molecule has 1 rings (SSSR count). The first kappa shape index (κ1) is 10.0. The van der Waals surface area contributed by atoms with Gasteiger partial charge in [0.2, 0.25) is 0 Å². The number of allylic oxidation sites excluding steroid dienone is 2. The lowest BCUT2D eigenvalue weighted by atomic mass is 9.98. The van der Waals surface area contributed by atoms with E-state index in [9.17, 15) is 0 Å². The van der Waals surface area contributed by atoms with Crippen molar-refractivity contribution in [3.63, 3.8) is 0 Å². The first-order valence-corrected chi connectivity index (χ1v) is 4.88. The van der Waals surface area contributed by atoms with E-state index in [2.05, 4.69) is 52.0 Å². The number of hydrogen-bond acceptors (Lipinski definition) is 0. The second-order valence-corrected chi connectivity index (χ2v) is 3.70. The van der Waals surface area contributed by atoms with E-state index in [1.54, 1.807) is 0 Å². The Morgan fingerprint density at radius 3 is 2.38 bits per heavy atom. The highest BCUT2D eigenvalue weighted by atomic mass is 14.1. The van der Waals surface area contributed by atoms with Crippen LogP contribution in [0.5, 0.6) is 0 Å². The molecule has 70 valence electrons. The monoisotopic (exact) mass is 174 g/mol. The van der Waals surface area contributed by atoms with Gasteiger partial charge in [-0.1, -0.05) is 42.3 Å². The first-order chi connectivity index (χ1) is 6.15. The molecule has 0 spiro atoms. The van der Waals surface area contributed by atoms with E-state index in [-0.39, 0.29) is 0 Å². The van der Waals surface area contributed by atoms with Gasteiger partial charge in [0.25, 0.3) is 0 Å². The van der Waals surface area contributed by atoms with Gasteiger partial charge in [-0.05, 0) is 38.3 Å². The fourth-order valence-corrected chi connectivity index (χ4v) is 1.68. The second-order valence-electron chi connectivity index (χ2n) is 3.70. The summed E-state index contributed by atoms with van der Waals surface area (Å²) < 4.78 is 0. The Kier molecular flexibility index (Phi) is 3.30. The van der Waals surface area contributed by atoms with Crippen molar-refractivity contribution in [1.29, 1.82) is 0 Å². The van der Waals surface area contributed by atoms with Gasteiger partial charge in [-0.3, -0.25) is 0 Å². The van der Waals surface area contributed by atoms with Crippen LogP contribution in [-0.4, -0.2) is 0 Å². The Balaban J connectivity index is 3.14. The van der Waals surface area contributed by atoms with Crippen LogP contribution in [0.3, 0.4) is 0 Å². The minimum atomic E-state index is 1.12. The van der Waals surface area contributed by atoms with Gasteiger partial charge in [0, 0.05) is 0 Å². The minimum Gasteiger partial charge on any atom is -0.0726 e. The summed E-state index contributed by atoms with van der Waals surface area (Å²) in [6.45, 7) is 8.72. The lowest BCUT2D eigenvalue weighted by molar-refractivity contribution is 1.19. The van der Waals surface area contributed by atoms with Gasteiger partial charge < -0.3 is 0 Å². The molecule has 1 aromatic rings. The van der Waals surface area contributed by atoms with Crippen LogP contribution in [-0.2, 0) is 0 Å². The highest BCUT2D eigenvalue weighted by molar-refractivity contribution is 5.68. The molecular weight excluding hydrogens is 156 g/mol. The first-order valence-electron chi connectivity index (χ1n) is 4.88. The zero-order valence-corrected chi connectivity index (χ0v) is 9.02. The molecule has 0 fully saturated rings. The third-order valence-corrected chi connectivity index (χ3v) is 2.32. The summed E-state index contributed by atoms with van der Waals surface area (Å²) >= 11 is 0. The van der Waals surface area contributed by atoms with Crippen LogP contribution in [0.1, 0.15) is 38.3 Å². The molecule has 0 aliphatic rings. The average molecular weight is 174 g/mol. The molecule has 0 nitrogen and oxygen atoms in total. The summed E-state index contributed by atoms with van der Waals surface area (Å²) in [6, 6.07) is 8.72. The molecule has 0 bridgehead atoms. The largest absolute Gasteiger partial charge is 0.0726 e. The fraction of sp³-hybridized carbons (Fsp3) is 0.385. The van der Waals surface area contributed by atoms with Crippen LogP contribution in [0.25, 0.3) is 5.57 Å². The Morgan fingerprint density at radius 1 is 1.23 bits per heavy atom. The van der Waals surface area contributed by atoms with E-state index in [0.29, 0.717) is 0 Å². The number of aryl methyl sites for hydroxylation is 1. The highest BCUT2D eigenvalue weighted by Crippen LogP contribution is 2.22. The quantitative estimate of drug-likeness (QED) is 0.630. The molecule has 1 aromatic carbocycles. The third-order valence-electron chi connectivity index (χ3n) is 2.32. The average Bonchev–Trinajstić information content (AvgIpc) is 2.04. The van der Waals surface area contributed by atoms with Crippen molar-refractivity contribution in [2.75, 3.05) is 0 Å². The summed E-state index contributed by atoms with van der Waals surface area (Å²) in [5.74, 6) is 0. The molecule has 0 N–H and O–H groups in total. The molecule has 0 heteroatoms. The Labute approximate surface area is 81.3 Å². The third kappa shape index (κ3) is 2.45. The molecule has 0 atom stereocenters. The van der Waals surface area contributed by atoms with E-state index in [1.807, 2.05) is 0 Å². The van der Waals surface area contributed by atoms with E-state index in [1.165, 1.54) is 22.3 Å². The highest BCUT2D eigenvalue weighted by Gasteiger charge is 2.00. The molecule has 0 unspecified atom stereocenters. The van der Waals surface area contributed by atoms with Gasteiger partial charge in [0.15, 0.2) is 0 Å². The number of hydrogen-bond donors (Lipinski definition) is 0. The van der Waals surface area contributed by atoms with E-state index < -0.39 is 0 Å². The van der Waals surface area contributed by atoms with Gasteiger partial charge in [-0.15, -0.1) is 0 Å². The molecule has 13 heavy (non-hydrogen) atoms. The SMILES string of the molecule is CCC(=C(C)C)c1cccc(C)c1. The minimum absolute atomic E-state index is 1.12. The van der Waals surface area contributed by atoms with E-state index in [0.717, 1.165) is 6.42 Å². The van der Waals surface area contributed by atoms with Crippen molar-refractivity contribution in [1.82, 2.24) is 0 Å². The predicted octanol–water partition coefficient (Wildman–Crippen LogP) is 4.20. The Morgan fingerprint density at radius 2 is 1.92 bits per heavy atom. The van der Waals surface area contributed by atoms with Gasteiger partial charge in [-0.2, -0.15) is 0 Å². The number of benzene rings is 1. The van der Waals surface area contributed by atoms with Crippen molar-refractivity contribution in [2.24, 2.45) is 0 Å². The Hall–Kier alpha value is -1.04. The normalized spacial score (nSPS) is 9.85. The topological polar surface area (TPSA) is 0 Å². The maximum Gasteiger partial charge on any atom is -0.0223 e. The van der Waals surface area contributed by atoms with Gasteiger partial charge in [0.1, 0.15) is 0 Å². The second kappa shape index (κ2) is 4.27. The molecule has 0 amide bonds. The van der Waals surface area contributed by atoms with Crippen LogP contribution >= 0.6 is 0 Å². The lowest BCUT2D eigenvalue weighted by Gasteiger charge is -2.08. The van der Waals surface area contributed by atoms with Crippen LogP contribution in [0, 0.1) is 6.92 Å². The predicted molar refractivity (Wildman–Crippen MR) is 59.7 cm³/mol. The summed E-state index contributed by atoms with van der Waals surface area (Å²) in [6.07, 6.45) is 1.12. The van der Waals surface area contributed by atoms with Gasteiger partial charge >= 0.3 is 0 Å². The van der Waals surface area contributed by atoms with Crippen molar-refractivity contribution in [3.8, 4) is 0 Å². The van der Waals surface area contributed by atoms with Crippen LogP contribution in [0.4, 0.5) is 0 Å².